The number of benzene rings is 2. The summed E-state index contributed by atoms with van der Waals surface area (Å²) in [4.78, 5) is 15.0. The normalized spacial score (nSPS) is 18.8. The molecule has 0 aromatic heterocycles. The molecule has 1 saturated heterocycles. The molecule has 6 nitrogen and oxygen atoms in total. The van der Waals surface area contributed by atoms with Gasteiger partial charge in [-0.3, -0.25) is 8.98 Å². The number of hydrogen-bond donors (Lipinski definition) is 0. The Labute approximate surface area is 191 Å². The minimum atomic E-state index is -3.51. The summed E-state index contributed by atoms with van der Waals surface area (Å²) >= 11 is 0. The molecule has 2 aromatic rings. The van der Waals surface area contributed by atoms with Crippen molar-refractivity contribution >= 4 is 16.0 Å². The van der Waals surface area contributed by atoms with E-state index in [1.54, 1.807) is 0 Å². The van der Waals surface area contributed by atoms with Crippen molar-refractivity contribution in [3.8, 4) is 5.75 Å². The van der Waals surface area contributed by atoms with Gasteiger partial charge in [0.05, 0.1) is 25.4 Å². The number of nitrogens with zero attached hydrogens (tertiary/aromatic N) is 1. The molecular weight excluding hydrogens is 426 g/mol. The van der Waals surface area contributed by atoms with Gasteiger partial charge in [-0.2, -0.15) is 8.42 Å². The topological polar surface area (TPSA) is 72.9 Å². The van der Waals surface area contributed by atoms with E-state index in [2.05, 4.69) is 24.3 Å². The molecule has 0 N–H and O–H groups in total. The van der Waals surface area contributed by atoms with Crippen LogP contribution in [0.15, 0.2) is 48.5 Å². The molecule has 174 valence electrons. The van der Waals surface area contributed by atoms with Crippen molar-refractivity contribution in [3.63, 3.8) is 0 Å². The van der Waals surface area contributed by atoms with Crippen LogP contribution in [0.2, 0.25) is 0 Å². The lowest BCUT2D eigenvalue weighted by atomic mass is 9.77. The first-order chi connectivity index (χ1) is 15.1. The second kappa shape index (κ2) is 10.0. The summed E-state index contributed by atoms with van der Waals surface area (Å²) in [6.07, 6.45) is 2.74. The van der Waals surface area contributed by atoms with Crippen LogP contribution < -0.4 is 4.74 Å². The van der Waals surface area contributed by atoms with Gasteiger partial charge in [-0.15, -0.1) is 0 Å². The first-order valence-corrected chi connectivity index (χ1v) is 12.8. The summed E-state index contributed by atoms with van der Waals surface area (Å²) in [5.41, 5.74) is 2.87. The lowest BCUT2D eigenvalue weighted by Crippen LogP contribution is -2.36. The molecule has 0 spiro atoms. The molecule has 32 heavy (non-hydrogen) atoms. The largest absolute Gasteiger partial charge is 0.491 e. The number of aryl methyl sites for hydroxylation is 1. The average molecular weight is 460 g/mol. The minimum Gasteiger partial charge on any atom is -0.491 e. The Hall–Kier alpha value is -2.38. The number of hydrogen-bond acceptors (Lipinski definition) is 5. The zero-order chi connectivity index (χ0) is 23.4. The van der Waals surface area contributed by atoms with Crippen LogP contribution in [-0.4, -0.2) is 51.3 Å². The number of ether oxygens (including phenoxy) is 1. The van der Waals surface area contributed by atoms with Crippen LogP contribution in [0.5, 0.6) is 5.75 Å². The van der Waals surface area contributed by atoms with Gasteiger partial charge >= 0.3 is 0 Å². The zero-order valence-corrected chi connectivity index (χ0v) is 20.2. The highest BCUT2D eigenvalue weighted by Gasteiger charge is 2.41. The Morgan fingerprint density at radius 2 is 1.88 bits per heavy atom. The molecule has 0 saturated carbocycles. The summed E-state index contributed by atoms with van der Waals surface area (Å²) in [5, 5.41) is 0. The van der Waals surface area contributed by atoms with Crippen LogP contribution in [0.25, 0.3) is 0 Å². The van der Waals surface area contributed by atoms with Gasteiger partial charge in [0, 0.05) is 18.5 Å². The molecule has 0 radical (unpaired) electrons. The predicted molar refractivity (Wildman–Crippen MR) is 125 cm³/mol. The average Bonchev–Trinajstić information content (AvgIpc) is 3.13. The van der Waals surface area contributed by atoms with Crippen molar-refractivity contribution in [2.45, 2.75) is 51.6 Å². The highest BCUT2D eigenvalue weighted by Crippen LogP contribution is 2.38. The van der Waals surface area contributed by atoms with Crippen LogP contribution in [0.3, 0.4) is 0 Å². The second-order valence-corrected chi connectivity index (χ2v) is 10.6. The number of likely N-dealkylation sites (tertiary alicyclic amines) is 1. The maximum atomic E-state index is 13.1. The SMILES string of the molecule is Cc1ccc([C@@]2(CCOS(C)(=O)=O)CCN(C(=O)Cc3cccc(OC(C)C)c3)C2)cc1. The van der Waals surface area contributed by atoms with E-state index in [1.807, 2.05) is 49.9 Å². The zero-order valence-electron chi connectivity index (χ0n) is 19.3. The van der Waals surface area contributed by atoms with E-state index in [1.165, 1.54) is 0 Å². The number of rotatable bonds is 9. The fourth-order valence-corrected chi connectivity index (χ4v) is 4.64. The van der Waals surface area contributed by atoms with Gasteiger partial charge in [0.2, 0.25) is 5.91 Å². The highest BCUT2D eigenvalue weighted by atomic mass is 32.2. The first-order valence-electron chi connectivity index (χ1n) is 11.0. The van der Waals surface area contributed by atoms with E-state index in [0.717, 1.165) is 35.1 Å². The monoisotopic (exact) mass is 459 g/mol. The highest BCUT2D eigenvalue weighted by molar-refractivity contribution is 7.85. The van der Waals surface area contributed by atoms with Crippen molar-refractivity contribution in [2.75, 3.05) is 26.0 Å². The minimum absolute atomic E-state index is 0.0599. The lowest BCUT2D eigenvalue weighted by molar-refractivity contribution is -0.129. The molecule has 1 aliphatic rings. The molecule has 3 rings (SSSR count). The molecule has 0 aliphatic carbocycles. The fraction of sp³-hybridized carbons (Fsp3) is 0.480. The van der Waals surface area contributed by atoms with Crippen molar-refractivity contribution in [1.29, 1.82) is 0 Å². The molecule has 1 heterocycles. The van der Waals surface area contributed by atoms with Crippen LogP contribution in [-0.2, 0) is 30.9 Å². The fourth-order valence-electron chi connectivity index (χ4n) is 4.25. The second-order valence-electron chi connectivity index (χ2n) is 8.98. The van der Waals surface area contributed by atoms with E-state index >= 15 is 0 Å². The summed E-state index contributed by atoms with van der Waals surface area (Å²) in [7, 11) is -3.51. The molecule has 1 amide bonds. The van der Waals surface area contributed by atoms with Gasteiger partial charge in [-0.25, -0.2) is 0 Å². The van der Waals surface area contributed by atoms with Crippen molar-refractivity contribution in [2.24, 2.45) is 0 Å². The van der Waals surface area contributed by atoms with Gasteiger partial charge in [0.1, 0.15) is 5.75 Å². The molecule has 1 atom stereocenters. The third-order valence-electron chi connectivity index (χ3n) is 5.87. The predicted octanol–water partition coefficient (Wildman–Crippen LogP) is 3.86. The first kappa shape index (κ1) is 24.3. The van der Waals surface area contributed by atoms with E-state index in [4.69, 9.17) is 8.92 Å². The van der Waals surface area contributed by atoms with Gasteiger partial charge in [0.15, 0.2) is 0 Å². The molecule has 1 fully saturated rings. The molecular formula is C25H33NO5S. The van der Waals surface area contributed by atoms with Gasteiger partial charge in [-0.05, 0) is 56.9 Å². The number of carbonyl (C=O) groups is 1. The van der Waals surface area contributed by atoms with Crippen molar-refractivity contribution in [1.82, 2.24) is 4.90 Å². The Kier molecular flexibility index (Phi) is 7.62. The van der Waals surface area contributed by atoms with Gasteiger partial charge in [0.25, 0.3) is 10.1 Å². The van der Waals surface area contributed by atoms with E-state index in [0.29, 0.717) is 25.9 Å². The maximum absolute atomic E-state index is 13.1. The molecule has 1 aliphatic heterocycles. The van der Waals surface area contributed by atoms with Crippen LogP contribution in [0.1, 0.15) is 43.4 Å². The van der Waals surface area contributed by atoms with Crippen molar-refractivity contribution in [3.05, 3.63) is 65.2 Å². The molecule has 2 aromatic carbocycles. The van der Waals surface area contributed by atoms with Crippen LogP contribution in [0.4, 0.5) is 0 Å². The van der Waals surface area contributed by atoms with Crippen LogP contribution in [0, 0.1) is 6.92 Å². The van der Waals surface area contributed by atoms with Crippen molar-refractivity contribution < 1.29 is 22.1 Å². The standard InChI is InChI=1S/C25H33NO5S/c1-19(2)31-23-7-5-6-21(16-23)17-24(27)26-14-12-25(18-26,13-15-30-32(4,28)29)22-10-8-20(3)9-11-22/h5-11,16,19H,12-15,17-18H2,1-4H3/t25-/m1/s1. The van der Waals surface area contributed by atoms with E-state index in [-0.39, 0.29) is 24.0 Å². The van der Waals surface area contributed by atoms with Crippen LogP contribution >= 0.6 is 0 Å². The molecule has 0 bridgehead atoms. The summed E-state index contributed by atoms with van der Waals surface area (Å²) in [6, 6.07) is 15.9. The third kappa shape index (κ3) is 6.56. The number of carbonyl (C=O) groups excluding carboxylic acids is 1. The lowest BCUT2D eigenvalue weighted by Gasteiger charge is -2.30. The Morgan fingerprint density at radius 3 is 2.53 bits per heavy atom. The summed E-state index contributed by atoms with van der Waals surface area (Å²) in [6.45, 7) is 7.26. The summed E-state index contributed by atoms with van der Waals surface area (Å²) in [5.74, 6) is 0.823. The number of amides is 1. The Bertz CT molecular complexity index is 1030. The Morgan fingerprint density at radius 1 is 1.16 bits per heavy atom. The quantitative estimate of drug-likeness (QED) is 0.533. The maximum Gasteiger partial charge on any atom is 0.264 e. The van der Waals surface area contributed by atoms with E-state index < -0.39 is 10.1 Å². The molecule has 7 heteroatoms. The smallest absolute Gasteiger partial charge is 0.264 e. The molecule has 0 unspecified atom stereocenters. The van der Waals surface area contributed by atoms with Gasteiger partial charge < -0.3 is 9.64 Å². The Balaban J connectivity index is 1.73. The van der Waals surface area contributed by atoms with Gasteiger partial charge in [-0.1, -0.05) is 42.0 Å². The summed E-state index contributed by atoms with van der Waals surface area (Å²) < 4.78 is 33.7. The van der Waals surface area contributed by atoms with E-state index in [9.17, 15) is 13.2 Å². The third-order valence-corrected chi connectivity index (χ3v) is 6.47.